The summed E-state index contributed by atoms with van der Waals surface area (Å²) in [6.45, 7) is 1.73. The molecule has 0 saturated carbocycles. The van der Waals surface area contributed by atoms with Crippen molar-refractivity contribution < 1.29 is 18.4 Å². The van der Waals surface area contributed by atoms with E-state index in [1.165, 1.54) is 7.11 Å². The Bertz CT molecular complexity index is 159. The summed E-state index contributed by atoms with van der Waals surface area (Å²) in [6.07, 6.45) is 0. The molecule has 0 aliphatic rings. The highest BCUT2D eigenvalue weighted by Gasteiger charge is 2.24. The molecule has 4 heteroatoms. The molecule has 0 aliphatic carbocycles. The molecule has 0 heterocycles. The van der Waals surface area contributed by atoms with E-state index in [9.17, 15) is 9.18 Å². The van der Waals surface area contributed by atoms with Gasteiger partial charge in [0.25, 0.3) is 0 Å². The molecule has 0 aromatic carbocycles. The van der Waals surface area contributed by atoms with Crippen LogP contribution in [-0.2, 0) is 9.53 Å². The fourth-order valence-corrected chi connectivity index (χ4v) is 1.07. The maximum atomic E-state index is 12.3. The van der Waals surface area contributed by atoms with Crippen molar-refractivity contribution in [2.45, 2.75) is 6.92 Å². The molecular formula is C8H17FNO2+. The van der Waals surface area contributed by atoms with Crippen LogP contribution >= 0.6 is 0 Å². The summed E-state index contributed by atoms with van der Waals surface area (Å²) in [4.78, 5) is 11.0. The normalized spacial score (nSPS) is 14.1. The molecule has 0 fully saturated rings. The number of methoxy groups -OCH3 is 1. The van der Waals surface area contributed by atoms with Crippen molar-refractivity contribution in [2.75, 3.05) is 34.5 Å². The number of ether oxygens (including phenoxy) is 1. The average Bonchev–Trinajstić information content (AvgIpc) is 2.02. The quantitative estimate of drug-likeness (QED) is 0.361. The van der Waals surface area contributed by atoms with Crippen molar-refractivity contribution >= 4 is 5.97 Å². The molecule has 1 atom stereocenters. The van der Waals surface area contributed by atoms with E-state index in [2.05, 4.69) is 4.74 Å². The third-order valence-electron chi connectivity index (χ3n) is 1.70. The zero-order valence-corrected chi connectivity index (χ0v) is 8.13. The fourth-order valence-electron chi connectivity index (χ4n) is 1.07. The Labute approximate surface area is 72.7 Å². The Morgan fingerprint density at radius 1 is 1.58 bits per heavy atom. The third kappa shape index (κ3) is 3.67. The van der Waals surface area contributed by atoms with Crippen LogP contribution in [0.4, 0.5) is 4.39 Å². The first-order valence-corrected chi connectivity index (χ1v) is 3.88. The first-order valence-electron chi connectivity index (χ1n) is 3.88. The van der Waals surface area contributed by atoms with E-state index in [1.807, 2.05) is 0 Å². The molecule has 12 heavy (non-hydrogen) atoms. The summed E-state index contributed by atoms with van der Waals surface area (Å²) in [5.41, 5.74) is 0. The van der Waals surface area contributed by atoms with Gasteiger partial charge in [-0.1, -0.05) is 0 Å². The molecule has 0 spiro atoms. The second-order valence-electron chi connectivity index (χ2n) is 3.66. The van der Waals surface area contributed by atoms with E-state index in [1.54, 1.807) is 21.0 Å². The molecule has 0 amide bonds. The van der Waals surface area contributed by atoms with Crippen LogP contribution in [0, 0.1) is 5.92 Å². The summed E-state index contributed by atoms with van der Waals surface area (Å²) in [5.74, 6) is -0.532. The van der Waals surface area contributed by atoms with Gasteiger partial charge in [0, 0.05) is 0 Å². The van der Waals surface area contributed by atoms with Gasteiger partial charge in [-0.3, -0.25) is 4.79 Å². The Morgan fingerprint density at radius 3 is 2.42 bits per heavy atom. The lowest BCUT2D eigenvalue weighted by atomic mass is 10.1. The molecule has 3 nitrogen and oxygen atoms in total. The van der Waals surface area contributed by atoms with Crippen molar-refractivity contribution in [3.8, 4) is 0 Å². The lowest BCUT2D eigenvalue weighted by molar-refractivity contribution is -0.904. The van der Waals surface area contributed by atoms with E-state index in [0.29, 0.717) is 6.54 Å². The Hall–Kier alpha value is -0.640. The first-order chi connectivity index (χ1) is 5.43. The minimum Gasteiger partial charge on any atom is -0.469 e. The molecule has 1 unspecified atom stereocenters. The number of hydrogen-bond donors (Lipinski definition) is 0. The molecule has 0 aliphatic heterocycles. The first kappa shape index (κ1) is 11.4. The summed E-state index contributed by atoms with van der Waals surface area (Å²) in [7, 11) is 4.81. The molecule has 72 valence electrons. The van der Waals surface area contributed by atoms with Gasteiger partial charge in [0.1, 0.15) is 5.92 Å². The number of alkyl halides is 1. The number of carbonyl (C=O) groups is 1. The van der Waals surface area contributed by atoms with Gasteiger partial charge >= 0.3 is 5.97 Å². The molecule has 0 aromatic rings. The summed E-state index contributed by atoms with van der Waals surface area (Å²) >= 11 is 0. The monoisotopic (exact) mass is 178 g/mol. The van der Waals surface area contributed by atoms with Crippen LogP contribution in [0.15, 0.2) is 0 Å². The fraction of sp³-hybridized carbons (Fsp3) is 0.875. The standard InChI is InChI=1S/C8H17FNO2/c1-7(8(11)12-4)5-10(2,3)6-9/h7H,5-6H2,1-4H3/q+1. The van der Waals surface area contributed by atoms with Crippen LogP contribution in [0.2, 0.25) is 0 Å². The van der Waals surface area contributed by atoms with Crippen LogP contribution in [0.25, 0.3) is 0 Å². The molecule has 0 bridgehead atoms. The Balaban J connectivity index is 3.99. The van der Waals surface area contributed by atoms with Gasteiger partial charge in [0.15, 0.2) is 0 Å². The minimum atomic E-state index is -0.471. The van der Waals surface area contributed by atoms with Crippen LogP contribution in [-0.4, -0.2) is 45.0 Å². The summed E-state index contributed by atoms with van der Waals surface area (Å²) in [6, 6.07) is 0. The Morgan fingerprint density at radius 2 is 2.08 bits per heavy atom. The number of halogens is 1. The van der Waals surface area contributed by atoms with Gasteiger partial charge in [-0.2, -0.15) is 4.39 Å². The van der Waals surface area contributed by atoms with E-state index < -0.39 is 6.80 Å². The number of hydrogen-bond acceptors (Lipinski definition) is 2. The molecule has 0 N–H and O–H groups in total. The van der Waals surface area contributed by atoms with Gasteiger partial charge in [0.2, 0.25) is 6.80 Å². The number of quaternary nitrogens is 1. The van der Waals surface area contributed by atoms with Crippen LogP contribution < -0.4 is 0 Å². The van der Waals surface area contributed by atoms with Crippen molar-refractivity contribution in [1.82, 2.24) is 0 Å². The zero-order chi connectivity index (χ0) is 9.78. The van der Waals surface area contributed by atoms with Crippen molar-refractivity contribution in [1.29, 1.82) is 0 Å². The highest BCUT2D eigenvalue weighted by atomic mass is 19.1. The minimum absolute atomic E-state index is 0.191. The molecule has 0 aromatic heterocycles. The van der Waals surface area contributed by atoms with Gasteiger partial charge in [-0.05, 0) is 6.92 Å². The van der Waals surface area contributed by atoms with E-state index >= 15 is 0 Å². The number of nitrogens with zero attached hydrogens (tertiary/aromatic N) is 1. The SMILES string of the molecule is COC(=O)C(C)C[N+](C)(C)CF. The zero-order valence-electron chi connectivity index (χ0n) is 8.13. The van der Waals surface area contributed by atoms with E-state index in [0.717, 1.165) is 0 Å². The second kappa shape index (κ2) is 4.40. The highest BCUT2D eigenvalue weighted by Crippen LogP contribution is 2.06. The van der Waals surface area contributed by atoms with E-state index in [4.69, 9.17) is 0 Å². The average molecular weight is 178 g/mol. The van der Waals surface area contributed by atoms with Gasteiger partial charge < -0.3 is 9.22 Å². The predicted molar refractivity (Wildman–Crippen MR) is 44.1 cm³/mol. The van der Waals surface area contributed by atoms with Crippen molar-refractivity contribution in [2.24, 2.45) is 5.92 Å². The van der Waals surface area contributed by atoms with Crippen LogP contribution in [0.5, 0.6) is 0 Å². The highest BCUT2D eigenvalue weighted by molar-refractivity contribution is 5.71. The number of carbonyl (C=O) groups excluding carboxylic acids is 1. The maximum absolute atomic E-state index is 12.3. The van der Waals surface area contributed by atoms with Crippen molar-refractivity contribution in [3.63, 3.8) is 0 Å². The van der Waals surface area contributed by atoms with Gasteiger partial charge in [-0.15, -0.1) is 0 Å². The van der Waals surface area contributed by atoms with Crippen LogP contribution in [0.1, 0.15) is 6.92 Å². The lowest BCUT2D eigenvalue weighted by Crippen LogP contribution is -2.44. The molecule has 0 radical (unpaired) electrons. The van der Waals surface area contributed by atoms with E-state index in [-0.39, 0.29) is 16.4 Å². The lowest BCUT2D eigenvalue weighted by Gasteiger charge is -2.27. The van der Waals surface area contributed by atoms with Crippen molar-refractivity contribution in [3.05, 3.63) is 0 Å². The summed E-state index contributed by atoms with van der Waals surface area (Å²) < 4.78 is 17.0. The van der Waals surface area contributed by atoms with Gasteiger partial charge in [-0.25, -0.2) is 0 Å². The molecule has 0 saturated heterocycles. The molecule has 0 rings (SSSR count). The molecular weight excluding hydrogens is 161 g/mol. The second-order valence-corrected chi connectivity index (χ2v) is 3.66. The topological polar surface area (TPSA) is 26.3 Å². The Kier molecular flexibility index (Phi) is 4.17. The maximum Gasteiger partial charge on any atom is 0.314 e. The summed E-state index contributed by atoms with van der Waals surface area (Å²) in [5, 5.41) is 0. The van der Waals surface area contributed by atoms with Crippen LogP contribution in [0.3, 0.4) is 0 Å². The number of esters is 1. The third-order valence-corrected chi connectivity index (χ3v) is 1.70. The number of rotatable bonds is 4. The largest absolute Gasteiger partial charge is 0.469 e. The van der Waals surface area contributed by atoms with Gasteiger partial charge in [0.05, 0.1) is 27.7 Å². The smallest absolute Gasteiger partial charge is 0.314 e. The predicted octanol–water partition coefficient (Wildman–Crippen LogP) is 0.799.